The monoisotopic (exact) mass is 439 g/mol. The highest BCUT2D eigenvalue weighted by atomic mass is 32.1. The molecule has 0 radical (unpaired) electrons. The van der Waals surface area contributed by atoms with Crippen LogP contribution >= 0.6 is 22.7 Å². The van der Waals surface area contributed by atoms with Crippen LogP contribution in [-0.4, -0.2) is 50.7 Å². The standard InChI is InChI=1S/C22H25N5OS2/c1-16(20-23-10-13-29-20)26(3)15-18-19(24-22-27(18)12-14-30-22)21(28)25(2)11-9-17-7-5-4-6-8-17/h4-8,10,12-14,16H,9,11,15H2,1-3H3. The third-order valence-electron chi connectivity index (χ3n) is 5.36. The lowest BCUT2D eigenvalue weighted by Crippen LogP contribution is -2.31. The van der Waals surface area contributed by atoms with E-state index in [1.807, 2.05) is 52.8 Å². The lowest BCUT2D eigenvalue weighted by Gasteiger charge is -2.23. The number of hydrogen-bond acceptors (Lipinski definition) is 6. The fourth-order valence-electron chi connectivity index (χ4n) is 3.38. The minimum Gasteiger partial charge on any atom is -0.340 e. The number of carbonyl (C=O) groups excluding carboxylic acids is 1. The molecule has 0 bridgehead atoms. The maximum absolute atomic E-state index is 13.3. The maximum Gasteiger partial charge on any atom is 0.274 e. The highest BCUT2D eigenvalue weighted by Gasteiger charge is 2.25. The summed E-state index contributed by atoms with van der Waals surface area (Å²) < 4.78 is 2.04. The van der Waals surface area contributed by atoms with Crippen molar-refractivity contribution in [2.45, 2.75) is 25.9 Å². The molecule has 4 rings (SSSR count). The van der Waals surface area contributed by atoms with Crippen LogP contribution in [0.1, 0.15) is 39.7 Å². The number of imidazole rings is 1. The van der Waals surface area contributed by atoms with E-state index in [-0.39, 0.29) is 11.9 Å². The number of hydrogen-bond donors (Lipinski definition) is 0. The van der Waals surface area contributed by atoms with E-state index in [1.54, 1.807) is 27.6 Å². The third-order valence-corrected chi connectivity index (χ3v) is 7.06. The average Bonchev–Trinajstić information content (AvgIpc) is 3.50. The predicted octanol–water partition coefficient (Wildman–Crippen LogP) is 4.36. The van der Waals surface area contributed by atoms with Crippen LogP contribution in [0.4, 0.5) is 0 Å². The Morgan fingerprint density at radius 1 is 1.17 bits per heavy atom. The van der Waals surface area contributed by atoms with Crippen molar-refractivity contribution in [1.82, 2.24) is 24.2 Å². The van der Waals surface area contributed by atoms with E-state index in [2.05, 4.69) is 41.0 Å². The molecule has 1 amide bonds. The van der Waals surface area contributed by atoms with Crippen LogP contribution in [0.2, 0.25) is 0 Å². The van der Waals surface area contributed by atoms with Gasteiger partial charge in [0.2, 0.25) is 0 Å². The summed E-state index contributed by atoms with van der Waals surface area (Å²) in [6.07, 6.45) is 4.64. The number of thiazole rings is 2. The summed E-state index contributed by atoms with van der Waals surface area (Å²) in [6.45, 7) is 3.41. The van der Waals surface area contributed by atoms with E-state index >= 15 is 0 Å². The Hall–Kier alpha value is -2.55. The Labute approximate surface area is 184 Å². The van der Waals surface area contributed by atoms with E-state index < -0.39 is 0 Å². The topological polar surface area (TPSA) is 53.7 Å². The summed E-state index contributed by atoms with van der Waals surface area (Å²) in [5, 5.41) is 5.06. The van der Waals surface area contributed by atoms with Crippen molar-refractivity contribution < 1.29 is 4.79 Å². The molecule has 30 heavy (non-hydrogen) atoms. The molecule has 3 heterocycles. The fraction of sp³-hybridized carbons (Fsp3) is 0.318. The Bertz CT molecular complexity index is 1100. The van der Waals surface area contributed by atoms with Gasteiger partial charge in [-0.2, -0.15) is 0 Å². The molecule has 0 N–H and O–H groups in total. The highest BCUT2D eigenvalue weighted by Crippen LogP contribution is 2.25. The van der Waals surface area contributed by atoms with Gasteiger partial charge in [-0.1, -0.05) is 30.3 Å². The Morgan fingerprint density at radius 3 is 2.70 bits per heavy atom. The van der Waals surface area contributed by atoms with Crippen LogP contribution in [0.25, 0.3) is 4.96 Å². The van der Waals surface area contributed by atoms with Crippen molar-refractivity contribution in [3.8, 4) is 0 Å². The van der Waals surface area contributed by atoms with Crippen LogP contribution in [0.5, 0.6) is 0 Å². The first-order chi connectivity index (χ1) is 14.5. The van der Waals surface area contributed by atoms with Gasteiger partial charge in [-0.3, -0.25) is 14.1 Å². The first-order valence-corrected chi connectivity index (χ1v) is 11.6. The second-order valence-corrected chi connectivity index (χ2v) is 9.19. The third kappa shape index (κ3) is 4.30. The van der Waals surface area contributed by atoms with Crippen LogP contribution in [0.3, 0.4) is 0 Å². The molecule has 6 nitrogen and oxygen atoms in total. The van der Waals surface area contributed by atoms with Gasteiger partial charge in [0.15, 0.2) is 10.7 Å². The molecular formula is C22H25N5OS2. The smallest absolute Gasteiger partial charge is 0.274 e. The molecule has 0 aliphatic rings. The molecule has 0 aliphatic heterocycles. The molecule has 0 saturated carbocycles. The van der Waals surface area contributed by atoms with Crippen molar-refractivity contribution in [3.05, 3.63) is 75.4 Å². The number of rotatable bonds is 8. The van der Waals surface area contributed by atoms with Gasteiger partial charge < -0.3 is 4.90 Å². The Kier molecular flexibility index (Phi) is 6.26. The summed E-state index contributed by atoms with van der Waals surface area (Å²) in [5.41, 5.74) is 2.68. The van der Waals surface area contributed by atoms with Crippen molar-refractivity contribution in [3.63, 3.8) is 0 Å². The number of nitrogens with zero attached hydrogens (tertiary/aromatic N) is 5. The quantitative estimate of drug-likeness (QED) is 0.409. The number of aromatic nitrogens is 3. The van der Waals surface area contributed by atoms with Gasteiger partial charge in [-0.05, 0) is 26.0 Å². The SMILES string of the molecule is CC(c1nccs1)N(C)Cc1c(C(=O)N(C)CCc2ccccc2)nc2sccn12. The van der Waals surface area contributed by atoms with Crippen molar-refractivity contribution in [2.24, 2.45) is 0 Å². The van der Waals surface area contributed by atoms with Gasteiger partial charge in [0, 0.05) is 43.3 Å². The van der Waals surface area contributed by atoms with E-state index in [9.17, 15) is 4.79 Å². The lowest BCUT2D eigenvalue weighted by atomic mass is 10.1. The number of benzene rings is 1. The summed E-state index contributed by atoms with van der Waals surface area (Å²) in [5.74, 6) is -0.0351. The molecule has 0 saturated heterocycles. The zero-order chi connectivity index (χ0) is 21.1. The molecule has 0 aliphatic carbocycles. The number of amides is 1. The molecule has 0 fully saturated rings. The van der Waals surface area contributed by atoms with Crippen LogP contribution in [-0.2, 0) is 13.0 Å². The summed E-state index contributed by atoms with van der Waals surface area (Å²) in [6, 6.07) is 10.4. The average molecular weight is 440 g/mol. The zero-order valence-corrected chi connectivity index (χ0v) is 19.0. The molecule has 1 atom stereocenters. The van der Waals surface area contributed by atoms with Gasteiger partial charge in [-0.25, -0.2) is 9.97 Å². The molecular weight excluding hydrogens is 414 g/mol. The predicted molar refractivity (Wildman–Crippen MR) is 122 cm³/mol. The van der Waals surface area contributed by atoms with Crippen molar-refractivity contribution in [1.29, 1.82) is 0 Å². The zero-order valence-electron chi connectivity index (χ0n) is 17.4. The Balaban J connectivity index is 1.53. The molecule has 0 spiro atoms. The van der Waals surface area contributed by atoms with Crippen molar-refractivity contribution in [2.75, 3.05) is 20.6 Å². The first kappa shape index (κ1) is 20.7. The minimum atomic E-state index is -0.0351. The highest BCUT2D eigenvalue weighted by molar-refractivity contribution is 7.15. The van der Waals surface area contributed by atoms with Crippen LogP contribution in [0.15, 0.2) is 53.5 Å². The summed E-state index contributed by atoms with van der Waals surface area (Å²) in [4.78, 5) is 27.2. The van der Waals surface area contributed by atoms with Gasteiger partial charge in [-0.15, -0.1) is 22.7 Å². The second kappa shape index (κ2) is 9.07. The largest absolute Gasteiger partial charge is 0.340 e. The van der Waals surface area contributed by atoms with E-state index in [0.29, 0.717) is 18.8 Å². The van der Waals surface area contributed by atoms with Crippen LogP contribution in [0, 0.1) is 0 Å². The second-order valence-electron chi connectivity index (χ2n) is 7.39. The van der Waals surface area contributed by atoms with Gasteiger partial charge in [0.05, 0.1) is 11.7 Å². The molecule has 4 aromatic rings. The molecule has 8 heteroatoms. The molecule has 3 aromatic heterocycles. The van der Waals surface area contributed by atoms with E-state index in [1.165, 1.54) is 5.56 Å². The molecule has 1 unspecified atom stereocenters. The summed E-state index contributed by atoms with van der Waals surface area (Å²) >= 11 is 3.20. The number of carbonyl (C=O) groups is 1. The van der Waals surface area contributed by atoms with E-state index in [0.717, 1.165) is 22.1 Å². The molecule has 1 aromatic carbocycles. The van der Waals surface area contributed by atoms with Gasteiger partial charge in [0.1, 0.15) is 5.01 Å². The number of likely N-dealkylation sites (N-methyl/N-ethyl adjacent to an activating group) is 1. The lowest BCUT2D eigenvalue weighted by molar-refractivity contribution is 0.0788. The molecule has 156 valence electrons. The van der Waals surface area contributed by atoms with E-state index in [4.69, 9.17) is 0 Å². The van der Waals surface area contributed by atoms with Gasteiger partial charge >= 0.3 is 0 Å². The fourth-order valence-corrected chi connectivity index (χ4v) is 4.87. The van der Waals surface area contributed by atoms with Gasteiger partial charge in [0.25, 0.3) is 5.91 Å². The number of fused-ring (bicyclic) bond motifs is 1. The normalized spacial score (nSPS) is 12.5. The maximum atomic E-state index is 13.3. The van der Waals surface area contributed by atoms with Crippen molar-refractivity contribution >= 4 is 33.5 Å². The Morgan fingerprint density at radius 2 is 1.97 bits per heavy atom. The van der Waals surface area contributed by atoms with Crippen LogP contribution < -0.4 is 0 Å². The summed E-state index contributed by atoms with van der Waals surface area (Å²) in [7, 11) is 3.91. The minimum absolute atomic E-state index is 0.0351. The first-order valence-electron chi connectivity index (χ1n) is 9.88.